The van der Waals surface area contributed by atoms with Gasteiger partial charge in [0.05, 0.1) is 15.4 Å². The Kier molecular flexibility index (Phi) is 12.0. The molecule has 0 aliphatic heterocycles. The van der Waals surface area contributed by atoms with Crippen LogP contribution in [0.2, 0.25) is 0 Å². The van der Waals surface area contributed by atoms with Gasteiger partial charge in [0.25, 0.3) is 5.91 Å². The number of carbonyl (C=O) groups is 3. The number of hydrogen-bond acceptors (Lipinski definition) is 6. The maximum absolute atomic E-state index is 13.1. The lowest BCUT2D eigenvalue weighted by Crippen LogP contribution is -3.00. The first-order valence-electron chi connectivity index (χ1n) is 13.0. The molecule has 3 aromatic carbocycles. The Labute approximate surface area is 260 Å². The Morgan fingerprint density at radius 1 is 0.738 bits per heavy atom. The number of amides is 2. The summed E-state index contributed by atoms with van der Waals surface area (Å²) in [4.78, 5) is 37.6. The molecule has 0 aliphatic carbocycles. The number of nitrogens with one attached hydrogen (secondary N) is 2. The molecule has 1 aromatic heterocycles. The molecule has 42 heavy (non-hydrogen) atoms. The van der Waals surface area contributed by atoms with Gasteiger partial charge in [0.2, 0.25) is 15.7 Å². The molecule has 1 heterocycles. The third-order valence-electron chi connectivity index (χ3n) is 6.09. The number of thioether (sulfide) groups is 1. The number of nitrogens with zero attached hydrogens (tertiary/aromatic N) is 1. The standard InChI is InChI=1S/C31H29N3O5S2.BrH/c1-23(35)32-24-12-16-26(17-13-24)41(38,39)27-18-14-25(15-19-27)33-31(37)28-9-3-4-10-29(28)40-30(36)11-5-8-22-34-20-6-2-7-21-34;/h2-4,6-7,9-10,12-21H,5,8,11,22H2,1H3,(H-,32,33,35,37);1H. The van der Waals surface area contributed by atoms with Crippen molar-refractivity contribution in [3.8, 4) is 0 Å². The number of pyridine rings is 1. The number of sulfone groups is 1. The summed E-state index contributed by atoms with van der Waals surface area (Å²) in [5.41, 5.74) is 1.28. The lowest BCUT2D eigenvalue weighted by molar-refractivity contribution is -0.697. The molecular formula is C31H30BrN3O5S2. The predicted octanol–water partition coefficient (Wildman–Crippen LogP) is 2.51. The number of carbonyl (C=O) groups excluding carboxylic acids is 3. The first kappa shape index (κ1) is 32.7. The number of rotatable bonds is 11. The van der Waals surface area contributed by atoms with E-state index in [4.69, 9.17) is 0 Å². The van der Waals surface area contributed by atoms with Crippen molar-refractivity contribution in [2.45, 2.75) is 47.4 Å². The van der Waals surface area contributed by atoms with Crippen molar-refractivity contribution in [2.24, 2.45) is 0 Å². The number of aromatic nitrogens is 1. The van der Waals surface area contributed by atoms with Crippen molar-refractivity contribution in [3.63, 3.8) is 0 Å². The lowest BCUT2D eigenvalue weighted by Gasteiger charge is -2.11. The van der Waals surface area contributed by atoms with Crippen molar-refractivity contribution in [1.82, 2.24) is 0 Å². The Balaban J connectivity index is 0.00000484. The van der Waals surface area contributed by atoms with E-state index in [-0.39, 0.29) is 37.8 Å². The van der Waals surface area contributed by atoms with Crippen LogP contribution in [0.15, 0.2) is 118 Å². The largest absolute Gasteiger partial charge is 1.00 e. The molecule has 0 fully saturated rings. The molecule has 0 saturated heterocycles. The summed E-state index contributed by atoms with van der Waals surface area (Å²) in [5.74, 6) is -0.648. The van der Waals surface area contributed by atoms with Crippen molar-refractivity contribution in [1.29, 1.82) is 0 Å². The Bertz CT molecular complexity index is 1630. The Morgan fingerprint density at radius 2 is 1.31 bits per heavy atom. The van der Waals surface area contributed by atoms with E-state index < -0.39 is 15.7 Å². The van der Waals surface area contributed by atoms with Crippen LogP contribution >= 0.6 is 11.8 Å². The van der Waals surface area contributed by atoms with Crippen LogP contribution in [0.5, 0.6) is 0 Å². The maximum atomic E-state index is 13.1. The van der Waals surface area contributed by atoms with Crippen LogP contribution in [0, 0.1) is 0 Å². The first-order chi connectivity index (χ1) is 19.7. The van der Waals surface area contributed by atoms with E-state index in [1.807, 2.05) is 30.6 Å². The maximum Gasteiger partial charge on any atom is 0.256 e. The number of anilines is 2. The molecular weight excluding hydrogens is 638 g/mol. The van der Waals surface area contributed by atoms with E-state index in [0.717, 1.165) is 31.1 Å². The molecule has 0 atom stereocenters. The van der Waals surface area contributed by atoms with E-state index in [1.54, 1.807) is 24.3 Å². The van der Waals surface area contributed by atoms with Gasteiger partial charge in [-0.3, -0.25) is 14.4 Å². The van der Waals surface area contributed by atoms with Gasteiger partial charge in [-0.05, 0) is 67.1 Å². The number of halogens is 1. The highest BCUT2D eigenvalue weighted by atomic mass is 79.9. The molecule has 11 heteroatoms. The smallest absolute Gasteiger partial charge is 0.256 e. The topological polar surface area (TPSA) is 113 Å². The quantitative estimate of drug-likeness (QED) is 0.144. The molecule has 2 amide bonds. The predicted molar refractivity (Wildman–Crippen MR) is 158 cm³/mol. The van der Waals surface area contributed by atoms with Gasteiger partial charge < -0.3 is 27.6 Å². The van der Waals surface area contributed by atoms with E-state index in [1.165, 1.54) is 55.5 Å². The molecule has 0 saturated carbocycles. The van der Waals surface area contributed by atoms with Gasteiger partial charge >= 0.3 is 0 Å². The molecule has 0 radical (unpaired) electrons. The van der Waals surface area contributed by atoms with Crippen LogP contribution in [0.4, 0.5) is 11.4 Å². The molecule has 218 valence electrons. The van der Waals surface area contributed by atoms with Gasteiger partial charge in [-0.25, -0.2) is 13.0 Å². The summed E-state index contributed by atoms with van der Waals surface area (Å²) in [6, 6.07) is 24.6. The second-order valence-electron chi connectivity index (χ2n) is 9.23. The lowest BCUT2D eigenvalue weighted by atomic mass is 10.2. The minimum absolute atomic E-state index is 0. The molecule has 0 bridgehead atoms. The summed E-state index contributed by atoms with van der Waals surface area (Å²) in [5, 5.41) is 5.37. The third kappa shape index (κ3) is 9.10. The van der Waals surface area contributed by atoms with Crippen molar-refractivity contribution >= 4 is 49.9 Å². The average Bonchev–Trinajstić information content (AvgIpc) is 2.96. The monoisotopic (exact) mass is 667 g/mol. The van der Waals surface area contributed by atoms with Gasteiger partial charge in [0.1, 0.15) is 6.54 Å². The van der Waals surface area contributed by atoms with Crippen LogP contribution in [-0.2, 0) is 26.0 Å². The Hall–Kier alpha value is -3.80. The third-order valence-corrected chi connectivity index (χ3v) is 8.88. The first-order valence-corrected chi connectivity index (χ1v) is 15.3. The minimum atomic E-state index is -3.79. The second kappa shape index (κ2) is 15.4. The summed E-state index contributed by atoms with van der Waals surface area (Å²) in [6.07, 6.45) is 6.01. The van der Waals surface area contributed by atoms with E-state index in [2.05, 4.69) is 15.2 Å². The van der Waals surface area contributed by atoms with Crippen molar-refractivity contribution in [3.05, 3.63) is 109 Å². The van der Waals surface area contributed by atoms with Gasteiger partial charge in [0.15, 0.2) is 17.5 Å². The van der Waals surface area contributed by atoms with E-state index in [9.17, 15) is 22.8 Å². The SMILES string of the molecule is CC(=O)Nc1ccc(S(=O)(=O)c2ccc(NC(=O)c3ccccc3SC(=O)CCCC[n+]3ccccc3)cc2)cc1.[Br-]. The van der Waals surface area contributed by atoms with Gasteiger partial charge in [0, 0.05) is 48.2 Å². The Morgan fingerprint density at radius 3 is 1.90 bits per heavy atom. The van der Waals surface area contributed by atoms with E-state index >= 15 is 0 Å². The highest BCUT2D eigenvalue weighted by Crippen LogP contribution is 2.27. The molecule has 4 aromatic rings. The molecule has 2 N–H and O–H groups in total. The van der Waals surface area contributed by atoms with Crippen molar-refractivity contribution < 1.29 is 44.3 Å². The zero-order valence-electron chi connectivity index (χ0n) is 22.8. The van der Waals surface area contributed by atoms with Crippen LogP contribution < -0.4 is 32.2 Å². The molecule has 4 rings (SSSR count). The average molecular weight is 669 g/mol. The molecule has 0 spiro atoms. The van der Waals surface area contributed by atoms with Crippen molar-refractivity contribution in [2.75, 3.05) is 10.6 Å². The fraction of sp³-hybridized carbons (Fsp3) is 0.161. The second-order valence-corrected chi connectivity index (χ2v) is 12.3. The molecule has 0 unspecified atom stereocenters. The van der Waals surface area contributed by atoms with Crippen LogP contribution in [0.25, 0.3) is 0 Å². The fourth-order valence-electron chi connectivity index (χ4n) is 4.04. The molecule has 0 aliphatic rings. The number of hydrogen-bond donors (Lipinski definition) is 2. The van der Waals surface area contributed by atoms with E-state index in [0.29, 0.717) is 28.3 Å². The zero-order valence-corrected chi connectivity index (χ0v) is 26.0. The van der Waals surface area contributed by atoms with Crippen LogP contribution in [0.3, 0.4) is 0 Å². The fourth-order valence-corrected chi connectivity index (χ4v) is 6.21. The summed E-state index contributed by atoms with van der Waals surface area (Å²) < 4.78 is 28.1. The molecule has 8 nitrogen and oxygen atoms in total. The highest BCUT2D eigenvalue weighted by Gasteiger charge is 2.19. The summed E-state index contributed by atoms with van der Waals surface area (Å²) in [6.45, 7) is 2.21. The van der Waals surface area contributed by atoms with Gasteiger partial charge in [-0.15, -0.1) is 0 Å². The van der Waals surface area contributed by atoms with Crippen LogP contribution in [0.1, 0.15) is 36.5 Å². The van der Waals surface area contributed by atoms with Crippen LogP contribution in [-0.4, -0.2) is 25.3 Å². The zero-order chi connectivity index (χ0) is 29.2. The highest BCUT2D eigenvalue weighted by molar-refractivity contribution is 8.13. The minimum Gasteiger partial charge on any atom is -1.00 e. The normalized spacial score (nSPS) is 10.8. The van der Waals surface area contributed by atoms with Gasteiger partial charge in [-0.2, -0.15) is 0 Å². The number of benzene rings is 3. The number of unbranched alkanes of at least 4 members (excludes halogenated alkanes) is 1. The summed E-state index contributed by atoms with van der Waals surface area (Å²) >= 11 is 1.05. The van der Waals surface area contributed by atoms with Gasteiger partial charge in [-0.1, -0.05) is 30.0 Å². The number of aryl methyl sites for hydroxylation is 1. The summed E-state index contributed by atoms with van der Waals surface area (Å²) in [7, 11) is -3.79.